The van der Waals surface area contributed by atoms with Gasteiger partial charge in [0.2, 0.25) is 0 Å². The van der Waals surface area contributed by atoms with Crippen LogP contribution in [0, 0.1) is 6.92 Å². The van der Waals surface area contributed by atoms with Crippen molar-refractivity contribution in [1.29, 1.82) is 0 Å². The predicted molar refractivity (Wildman–Crippen MR) is 137 cm³/mol. The lowest BCUT2D eigenvalue weighted by Gasteiger charge is -2.14. The largest absolute Gasteiger partial charge is 0.481 e. The number of rotatable bonds is 7. The lowest BCUT2D eigenvalue weighted by Crippen LogP contribution is -2.24. The normalized spacial score (nSPS) is 15.9. The van der Waals surface area contributed by atoms with Gasteiger partial charge in [-0.05, 0) is 48.6 Å². The second-order valence-electron chi connectivity index (χ2n) is 9.25. The number of hydrogen-bond donors (Lipinski definition) is 2. The minimum Gasteiger partial charge on any atom is -0.481 e. The predicted octanol–water partition coefficient (Wildman–Crippen LogP) is 5.53. The zero-order valence-corrected chi connectivity index (χ0v) is 20.1. The van der Waals surface area contributed by atoms with E-state index in [4.69, 9.17) is 9.26 Å². The van der Waals surface area contributed by atoms with Crippen molar-refractivity contribution in [2.45, 2.75) is 25.2 Å². The van der Waals surface area contributed by atoms with Crippen LogP contribution in [0.2, 0.25) is 0 Å². The van der Waals surface area contributed by atoms with Crippen molar-refractivity contribution in [2.24, 2.45) is 0 Å². The molecule has 2 aromatic heterocycles. The third-order valence-corrected chi connectivity index (χ3v) is 6.97. The smallest absolute Gasteiger partial charge is 0.415 e. The van der Waals surface area contributed by atoms with Gasteiger partial charge in [-0.2, -0.15) is 0 Å². The van der Waals surface area contributed by atoms with Crippen molar-refractivity contribution in [3.05, 3.63) is 78.0 Å². The molecule has 6 rings (SSSR count). The Kier molecular flexibility index (Phi) is 5.40. The van der Waals surface area contributed by atoms with Crippen molar-refractivity contribution in [3.63, 3.8) is 0 Å². The van der Waals surface area contributed by atoms with Crippen molar-refractivity contribution < 1.29 is 24.0 Å². The third-order valence-electron chi connectivity index (χ3n) is 6.97. The van der Waals surface area contributed by atoms with Gasteiger partial charge in [-0.3, -0.25) is 9.69 Å². The Morgan fingerprint density at radius 3 is 2.46 bits per heavy atom. The van der Waals surface area contributed by atoms with Crippen LogP contribution in [0.25, 0.3) is 22.5 Å². The Morgan fingerprint density at radius 2 is 1.78 bits per heavy atom. The number of carboxylic acid groups (broad SMARTS) is 1. The quantitative estimate of drug-likeness (QED) is 0.343. The zero-order chi connectivity index (χ0) is 25.6. The first-order chi connectivity index (χ1) is 18.0. The molecule has 1 amide bonds. The Morgan fingerprint density at radius 1 is 1.03 bits per heavy atom. The van der Waals surface area contributed by atoms with Crippen LogP contribution >= 0.6 is 0 Å². The molecule has 0 radical (unpaired) electrons. The zero-order valence-electron chi connectivity index (χ0n) is 20.1. The molecule has 2 aromatic carbocycles. The van der Waals surface area contributed by atoms with Gasteiger partial charge in [0.05, 0.1) is 12.0 Å². The van der Waals surface area contributed by atoms with E-state index >= 15 is 0 Å². The lowest BCUT2D eigenvalue weighted by atomic mass is 9.92. The molecule has 186 valence electrons. The number of hydrogen-bond acceptors (Lipinski definition) is 7. The number of anilines is 3. The van der Waals surface area contributed by atoms with E-state index in [0.717, 1.165) is 22.3 Å². The summed E-state index contributed by atoms with van der Waals surface area (Å²) in [6.45, 7) is 2.63. The number of cyclic esters (lactones) is 1. The average molecular weight is 497 g/mol. The van der Waals surface area contributed by atoms with Crippen LogP contribution in [0.4, 0.5) is 22.1 Å². The minimum atomic E-state index is -0.771. The Balaban J connectivity index is 1.33. The Labute approximate surface area is 212 Å². The summed E-state index contributed by atoms with van der Waals surface area (Å²) in [5, 5.41) is 17.1. The molecule has 0 unspecified atom stereocenters. The first-order valence-electron chi connectivity index (χ1n) is 12.0. The number of carbonyl (C=O) groups excluding carboxylic acids is 1. The summed E-state index contributed by atoms with van der Waals surface area (Å²) >= 11 is 0. The van der Waals surface area contributed by atoms with Gasteiger partial charge in [0.15, 0.2) is 5.76 Å². The fraction of sp³-hybridized carbons (Fsp3) is 0.214. The van der Waals surface area contributed by atoms with Gasteiger partial charge in [-0.1, -0.05) is 59.8 Å². The van der Waals surface area contributed by atoms with Crippen LogP contribution in [-0.4, -0.2) is 40.5 Å². The van der Waals surface area contributed by atoms with Gasteiger partial charge in [0.25, 0.3) is 0 Å². The van der Waals surface area contributed by atoms with Crippen LogP contribution in [0.1, 0.15) is 24.1 Å². The number of ether oxygens (including phenoxy) is 1. The molecule has 37 heavy (non-hydrogen) atoms. The van der Waals surface area contributed by atoms with E-state index in [1.54, 1.807) is 6.07 Å². The molecule has 1 saturated carbocycles. The van der Waals surface area contributed by atoms with Crippen LogP contribution < -0.4 is 10.2 Å². The summed E-state index contributed by atoms with van der Waals surface area (Å²) in [7, 11) is 0. The molecular formula is C28H24N4O5. The van der Waals surface area contributed by atoms with E-state index < -0.39 is 17.5 Å². The van der Waals surface area contributed by atoms with Crippen molar-refractivity contribution in [2.75, 3.05) is 23.4 Å². The van der Waals surface area contributed by atoms with Gasteiger partial charge < -0.3 is 19.7 Å². The molecule has 9 nitrogen and oxygen atoms in total. The first-order valence-corrected chi connectivity index (χ1v) is 12.0. The fourth-order valence-corrected chi connectivity index (χ4v) is 4.73. The number of amides is 1. The number of carboxylic acids is 1. The molecule has 1 saturated heterocycles. The Bertz CT molecular complexity index is 1510. The van der Waals surface area contributed by atoms with E-state index in [-0.39, 0.29) is 0 Å². The third kappa shape index (κ3) is 3.98. The number of benzene rings is 2. The first kappa shape index (κ1) is 22.8. The standard InChI is InChI=1S/C28H24N4O5/c1-17-24(30-22-7-4-8-23(29-22)32-15-16-36-27(32)35)25(37-31-17)21-6-3-2-5-20(21)18-9-11-19(12-10-18)28(13-14-28)26(33)34/h2-12H,13-16H2,1H3,(H,29,30)(H,33,34). The topological polar surface area (TPSA) is 118 Å². The Hall–Kier alpha value is -4.66. The molecule has 2 N–H and O–H groups in total. The summed E-state index contributed by atoms with van der Waals surface area (Å²) < 4.78 is 10.8. The molecule has 0 bridgehead atoms. The van der Waals surface area contributed by atoms with Crippen LogP contribution in [-0.2, 0) is 14.9 Å². The fourth-order valence-electron chi connectivity index (χ4n) is 4.73. The summed E-state index contributed by atoms with van der Waals surface area (Å²) in [5.41, 5.74) is 4.10. The van der Waals surface area contributed by atoms with Crippen LogP contribution in [0.5, 0.6) is 0 Å². The molecular weight excluding hydrogens is 472 g/mol. The second kappa shape index (κ2) is 8.77. The number of aliphatic carboxylic acids is 1. The minimum absolute atomic E-state index is 0.335. The van der Waals surface area contributed by atoms with Crippen molar-refractivity contribution >= 4 is 29.4 Å². The number of aryl methyl sites for hydroxylation is 1. The van der Waals surface area contributed by atoms with E-state index in [2.05, 4.69) is 15.5 Å². The van der Waals surface area contributed by atoms with Crippen LogP contribution in [0.3, 0.4) is 0 Å². The van der Waals surface area contributed by atoms with E-state index in [1.165, 1.54) is 4.90 Å². The van der Waals surface area contributed by atoms with Gasteiger partial charge >= 0.3 is 12.1 Å². The highest BCUT2D eigenvalue weighted by molar-refractivity contribution is 5.90. The maximum atomic E-state index is 12.0. The molecule has 0 atom stereocenters. The molecule has 0 spiro atoms. The maximum Gasteiger partial charge on any atom is 0.415 e. The SMILES string of the molecule is Cc1noc(-c2ccccc2-c2ccc(C3(C(=O)O)CC3)cc2)c1Nc1cccc(N2CCOC2=O)n1. The second-order valence-corrected chi connectivity index (χ2v) is 9.25. The number of carbonyl (C=O) groups is 2. The van der Waals surface area contributed by atoms with E-state index in [1.807, 2.05) is 67.6 Å². The van der Waals surface area contributed by atoms with E-state index in [9.17, 15) is 14.7 Å². The summed E-state index contributed by atoms with van der Waals surface area (Å²) in [4.78, 5) is 29.8. The summed E-state index contributed by atoms with van der Waals surface area (Å²) in [6, 6.07) is 20.9. The highest BCUT2D eigenvalue weighted by atomic mass is 16.6. The lowest BCUT2D eigenvalue weighted by molar-refractivity contribution is -0.140. The average Bonchev–Trinajstić information content (AvgIpc) is 3.51. The highest BCUT2D eigenvalue weighted by Crippen LogP contribution is 2.49. The van der Waals surface area contributed by atoms with Gasteiger partial charge in [-0.15, -0.1) is 0 Å². The van der Waals surface area contributed by atoms with Crippen LogP contribution in [0.15, 0.2) is 71.3 Å². The molecule has 2 aliphatic rings. The van der Waals surface area contributed by atoms with Gasteiger partial charge in [0, 0.05) is 5.56 Å². The highest BCUT2D eigenvalue weighted by Gasteiger charge is 2.51. The molecule has 1 aliphatic heterocycles. The molecule has 1 aliphatic carbocycles. The van der Waals surface area contributed by atoms with Crippen molar-refractivity contribution in [3.8, 4) is 22.5 Å². The summed E-state index contributed by atoms with van der Waals surface area (Å²) in [6.07, 6.45) is 0.917. The summed E-state index contributed by atoms with van der Waals surface area (Å²) in [5.74, 6) is 0.815. The maximum absolute atomic E-state index is 12.0. The molecule has 9 heteroatoms. The van der Waals surface area contributed by atoms with Crippen molar-refractivity contribution in [1.82, 2.24) is 10.1 Å². The number of pyridine rings is 1. The number of nitrogens with one attached hydrogen (secondary N) is 1. The van der Waals surface area contributed by atoms with Gasteiger partial charge in [-0.25, -0.2) is 9.78 Å². The molecule has 4 aromatic rings. The number of nitrogens with zero attached hydrogens (tertiary/aromatic N) is 3. The monoisotopic (exact) mass is 496 g/mol. The number of aromatic nitrogens is 2. The van der Waals surface area contributed by atoms with Gasteiger partial charge in [0.1, 0.15) is 29.6 Å². The molecule has 3 heterocycles. The molecule has 2 fully saturated rings. The van der Waals surface area contributed by atoms with E-state index in [0.29, 0.717) is 54.8 Å².